The molecule has 2 fully saturated rings. The smallest absolute Gasteiger partial charge is 0.166 e. The van der Waals surface area contributed by atoms with Gasteiger partial charge in [-0.1, -0.05) is 19.1 Å². The Balaban J connectivity index is 1.50. The fraction of sp³-hybridized carbons (Fsp3) is 0.600. The van der Waals surface area contributed by atoms with Crippen LogP contribution >= 0.6 is 11.8 Å². The number of rotatable bonds is 3. The molecule has 4 nitrogen and oxygen atoms in total. The van der Waals surface area contributed by atoms with Gasteiger partial charge in [-0.25, -0.2) is 4.98 Å². The molecule has 0 unspecified atom stereocenters. The van der Waals surface area contributed by atoms with Gasteiger partial charge in [-0.2, -0.15) is 0 Å². The summed E-state index contributed by atoms with van der Waals surface area (Å²) < 4.78 is 5.84. The molecule has 1 saturated heterocycles. The first kappa shape index (κ1) is 20.3. The lowest BCUT2D eigenvalue weighted by atomic mass is 9.86. The summed E-state index contributed by atoms with van der Waals surface area (Å²) >= 11 is 1.78. The van der Waals surface area contributed by atoms with Crippen LogP contribution in [0.5, 0.6) is 0 Å². The maximum absolute atomic E-state index is 5.84. The minimum atomic E-state index is 0.294. The normalized spacial score (nSPS) is 28.3. The van der Waals surface area contributed by atoms with Crippen LogP contribution in [0.15, 0.2) is 28.2 Å². The quantitative estimate of drug-likeness (QED) is 0.618. The number of thioether (sulfide) groups is 1. The van der Waals surface area contributed by atoms with Crippen molar-refractivity contribution in [3.8, 4) is 0 Å². The molecular formula is C25H33N3OS. The SMILES string of the molecule is Cc1ccc(C)c2nc3c(cc12)CN(C1CCC(C)CC1)C(=NC[C@@H]1CCCO1)S3. The van der Waals surface area contributed by atoms with Gasteiger partial charge in [0, 0.05) is 30.1 Å². The first-order chi connectivity index (χ1) is 14.6. The molecule has 1 aromatic heterocycles. The molecule has 0 amide bonds. The van der Waals surface area contributed by atoms with Crippen LogP contribution in [0.25, 0.3) is 10.9 Å². The Morgan fingerprint density at radius 3 is 2.70 bits per heavy atom. The number of benzene rings is 1. The average Bonchev–Trinajstić information content (AvgIpc) is 3.28. The molecule has 1 atom stereocenters. The number of nitrogens with zero attached hydrogens (tertiary/aromatic N) is 3. The second-order valence-corrected chi connectivity index (χ2v) is 10.4. The summed E-state index contributed by atoms with van der Waals surface area (Å²) in [5.41, 5.74) is 5.06. The van der Waals surface area contributed by atoms with Crippen molar-refractivity contribution in [2.24, 2.45) is 10.9 Å². The Hall–Kier alpha value is -1.59. The number of hydrogen-bond acceptors (Lipinski definition) is 4. The second-order valence-electron chi connectivity index (χ2n) is 9.45. The van der Waals surface area contributed by atoms with Gasteiger partial charge in [0.2, 0.25) is 0 Å². The van der Waals surface area contributed by atoms with E-state index in [1.54, 1.807) is 11.8 Å². The molecule has 1 aliphatic carbocycles. The van der Waals surface area contributed by atoms with E-state index in [2.05, 4.69) is 43.9 Å². The molecule has 2 aromatic rings. The van der Waals surface area contributed by atoms with E-state index >= 15 is 0 Å². The van der Waals surface area contributed by atoms with Gasteiger partial charge in [-0.3, -0.25) is 4.99 Å². The molecule has 3 aliphatic rings. The van der Waals surface area contributed by atoms with Gasteiger partial charge >= 0.3 is 0 Å². The van der Waals surface area contributed by atoms with E-state index in [1.807, 2.05) is 0 Å². The van der Waals surface area contributed by atoms with E-state index in [0.717, 1.165) is 47.7 Å². The van der Waals surface area contributed by atoms with Gasteiger partial charge < -0.3 is 9.64 Å². The van der Waals surface area contributed by atoms with Gasteiger partial charge in [0.15, 0.2) is 5.17 Å². The van der Waals surface area contributed by atoms with Gasteiger partial charge in [0.1, 0.15) is 5.03 Å². The van der Waals surface area contributed by atoms with Crippen LogP contribution in [0.2, 0.25) is 0 Å². The molecule has 3 heterocycles. The van der Waals surface area contributed by atoms with Gasteiger partial charge in [0.05, 0.1) is 18.2 Å². The third-order valence-corrected chi connectivity index (χ3v) is 8.19. The molecule has 0 bridgehead atoms. The fourth-order valence-electron chi connectivity index (χ4n) is 5.09. The molecule has 0 spiro atoms. The molecule has 30 heavy (non-hydrogen) atoms. The summed E-state index contributed by atoms with van der Waals surface area (Å²) in [5.74, 6) is 0.856. The highest BCUT2D eigenvalue weighted by Gasteiger charge is 2.32. The van der Waals surface area contributed by atoms with E-state index in [0.29, 0.717) is 12.1 Å². The number of fused-ring (bicyclic) bond motifs is 2. The lowest BCUT2D eigenvalue weighted by Crippen LogP contribution is -2.42. The van der Waals surface area contributed by atoms with Crippen LogP contribution in [-0.2, 0) is 11.3 Å². The summed E-state index contributed by atoms with van der Waals surface area (Å²) in [4.78, 5) is 12.8. The highest BCUT2D eigenvalue weighted by atomic mass is 32.2. The number of aryl methyl sites for hydroxylation is 2. The van der Waals surface area contributed by atoms with Crippen molar-refractivity contribution in [1.29, 1.82) is 0 Å². The molecule has 0 N–H and O–H groups in total. The molecule has 160 valence electrons. The van der Waals surface area contributed by atoms with Gasteiger partial charge in [-0.15, -0.1) is 0 Å². The molecule has 5 heteroatoms. The lowest BCUT2D eigenvalue weighted by molar-refractivity contribution is 0.117. The zero-order valence-corrected chi connectivity index (χ0v) is 19.3. The van der Waals surface area contributed by atoms with E-state index in [1.165, 1.54) is 54.2 Å². The molecule has 2 aliphatic heterocycles. The lowest BCUT2D eigenvalue weighted by Gasteiger charge is -2.40. The average molecular weight is 424 g/mol. The molecule has 5 rings (SSSR count). The maximum atomic E-state index is 5.84. The second kappa shape index (κ2) is 8.51. The van der Waals surface area contributed by atoms with Crippen molar-refractivity contribution < 1.29 is 4.74 Å². The third kappa shape index (κ3) is 3.99. The third-order valence-electron chi connectivity index (χ3n) is 7.10. The summed E-state index contributed by atoms with van der Waals surface area (Å²) in [7, 11) is 0. The number of ether oxygens (including phenoxy) is 1. The molecular weight excluding hydrogens is 390 g/mol. The largest absolute Gasteiger partial charge is 0.376 e. The van der Waals surface area contributed by atoms with Gasteiger partial charge in [-0.05, 0) is 87.2 Å². The Bertz CT molecular complexity index is 959. The van der Waals surface area contributed by atoms with Crippen molar-refractivity contribution in [2.45, 2.75) is 83.0 Å². The standard InChI is InChI=1S/C25H33N3OS/c1-16-6-10-20(11-7-16)28-15-19-13-22-17(2)8-9-18(3)23(22)27-24(19)30-25(28)26-14-21-5-4-12-29-21/h8-9,13,16,20-21H,4-7,10-12,14-15H2,1-3H3/t16?,20?,21-/m0/s1. The number of hydrogen-bond donors (Lipinski definition) is 0. The van der Waals surface area contributed by atoms with E-state index < -0.39 is 0 Å². The molecule has 1 saturated carbocycles. The predicted octanol–water partition coefficient (Wildman–Crippen LogP) is 5.87. The van der Waals surface area contributed by atoms with Crippen molar-refractivity contribution >= 4 is 27.8 Å². The van der Waals surface area contributed by atoms with Gasteiger partial charge in [0.25, 0.3) is 0 Å². The summed E-state index contributed by atoms with van der Waals surface area (Å²) in [6.45, 7) is 9.36. The predicted molar refractivity (Wildman–Crippen MR) is 125 cm³/mol. The van der Waals surface area contributed by atoms with E-state index in [-0.39, 0.29) is 0 Å². The Kier molecular flexibility index (Phi) is 5.76. The van der Waals surface area contributed by atoms with Crippen LogP contribution in [0, 0.1) is 19.8 Å². The zero-order chi connectivity index (χ0) is 20.7. The Morgan fingerprint density at radius 2 is 1.93 bits per heavy atom. The highest BCUT2D eigenvalue weighted by Crippen LogP contribution is 2.38. The fourth-order valence-corrected chi connectivity index (χ4v) is 6.12. The first-order valence-corrected chi connectivity index (χ1v) is 12.4. The summed E-state index contributed by atoms with van der Waals surface area (Å²) in [6, 6.07) is 7.39. The maximum Gasteiger partial charge on any atom is 0.166 e. The highest BCUT2D eigenvalue weighted by molar-refractivity contribution is 8.13. The summed E-state index contributed by atoms with van der Waals surface area (Å²) in [6.07, 6.45) is 7.80. The number of pyridine rings is 1. The number of amidine groups is 1. The van der Waals surface area contributed by atoms with Crippen molar-refractivity contribution in [1.82, 2.24) is 9.88 Å². The van der Waals surface area contributed by atoms with Crippen LogP contribution in [0.4, 0.5) is 0 Å². The van der Waals surface area contributed by atoms with Crippen LogP contribution in [0.1, 0.15) is 62.1 Å². The van der Waals surface area contributed by atoms with Crippen molar-refractivity contribution in [3.63, 3.8) is 0 Å². The number of aliphatic imine (C=N–C) groups is 1. The monoisotopic (exact) mass is 423 g/mol. The minimum Gasteiger partial charge on any atom is -0.376 e. The Morgan fingerprint density at radius 1 is 1.13 bits per heavy atom. The topological polar surface area (TPSA) is 37.7 Å². The van der Waals surface area contributed by atoms with Crippen molar-refractivity contribution in [3.05, 3.63) is 34.9 Å². The zero-order valence-electron chi connectivity index (χ0n) is 18.5. The minimum absolute atomic E-state index is 0.294. The van der Waals surface area contributed by atoms with E-state index in [9.17, 15) is 0 Å². The first-order valence-electron chi connectivity index (χ1n) is 11.6. The number of aromatic nitrogens is 1. The summed E-state index contributed by atoms with van der Waals surface area (Å²) in [5, 5.41) is 3.60. The van der Waals surface area contributed by atoms with Crippen molar-refractivity contribution in [2.75, 3.05) is 13.2 Å². The van der Waals surface area contributed by atoms with E-state index in [4.69, 9.17) is 14.7 Å². The van der Waals surface area contributed by atoms with Crippen LogP contribution < -0.4 is 0 Å². The molecule has 1 aromatic carbocycles. The van der Waals surface area contributed by atoms with Crippen LogP contribution in [0.3, 0.4) is 0 Å². The van der Waals surface area contributed by atoms with Crippen LogP contribution in [-0.4, -0.2) is 40.3 Å². The molecule has 0 radical (unpaired) electrons. The Labute approximate surface area is 184 Å².